The van der Waals surface area contributed by atoms with Gasteiger partial charge in [0.2, 0.25) is 10.0 Å². The van der Waals surface area contributed by atoms with Crippen molar-refractivity contribution in [3.8, 4) is 0 Å². The summed E-state index contributed by atoms with van der Waals surface area (Å²) in [4.78, 5) is 2.40. The standard InChI is InChI=1S/C14H24N2O2S/c1-11(2)13(16(4)5)10-15-19(17,18)14-9-7-6-8-12(14)3/h6-9,11,13,15H,10H2,1-5H3. The molecule has 19 heavy (non-hydrogen) atoms. The Morgan fingerprint density at radius 3 is 2.26 bits per heavy atom. The average molecular weight is 284 g/mol. The van der Waals surface area contributed by atoms with E-state index < -0.39 is 10.0 Å². The molecule has 0 aromatic heterocycles. The number of hydrogen-bond donors (Lipinski definition) is 1. The fourth-order valence-corrected chi connectivity index (χ4v) is 3.44. The van der Waals surface area contributed by atoms with E-state index in [1.807, 2.05) is 25.1 Å². The molecule has 1 aromatic carbocycles. The molecule has 5 heteroatoms. The zero-order valence-corrected chi connectivity index (χ0v) is 13.2. The summed E-state index contributed by atoms with van der Waals surface area (Å²) >= 11 is 0. The maximum Gasteiger partial charge on any atom is 0.240 e. The number of sulfonamides is 1. The molecule has 1 unspecified atom stereocenters. The molecule has 0 aliphatic heterocycles. The first-order chi connectivity index (χ1) is 8.75. The molecule has 0 saturated carbocycles. The van der Waals surface area contributed by atoms with Gasteiger partial charge in [-0.2, -0.15) is 0 Å². The molecular weight excluding hydrogens is 260 g/mol. The summed E-state index contributed by atoms with van der Waals surface area (Å²) in [5.41, 5.74) is 0.765. The van der Waals surface area contributed by atoms with Gasteiger partial charge in [0.05, 0.1) is 4.90 Å². The van der Waals surface area contributed by atoms with E-state index in [0.29, 0.717) is 17.4 Å². The van der Waals surface area contributed by atoms with Crippen molar-refractivity contribution >= 4 is 10.0 Å². The molecular formula is C14H24N2O2S. The normalized spacial score (nSPS) is 14.1. The zero-order valence-electron chi connectivity index (χ0n) is 12.3. The predicted octanol–water partition coefficient (Wildman–Crippen LogP) is 1.86. The van der Waals surface area contributed by atoms with E-state index in [0.717, 1.165) is 5.56 Å². The molecule has 0 spiro atoms. The SMILES string of the molecule is Cc1ccccc1S(=O)(=O)NCC(C(C)C)N(C)C. The summed E-state index contributed by atoms with van der Waals surface area (Å²) in [6.45, 7) is 6.40. The third kappa shape index (κ3) is 4.30. The average Bonchev–Trinajstić information content (AvgIpc) is 2.28. The Balaban J connectivity index is 2.84. The summed E-state index contributed by atoms with van der Waals surface area (Å²) in [5.74, 6) is 0.384. The van der Waals surface area contributed by atoms with Crippen LogP contribution in [0.5, 0.6) is 0 Å². The third-order valence-electron chi connectivity index (χ3n) is 3.30. The molecule has 1 rings (SSSR count). The minimum atomic E-state index is -3.43. The van der Waals surface area contributed by atoms with Crippen molar-refractivity contribution < 1.29 is 8.42 Å². The van der Waals surface area contributed by atoms with Crippen LogP contribution in [0.25, 0.3) is 0 Å². The summed E-state index contributed by atoms with van der Waals surface area (Å²) in [6.07, 6.45) is 0. The second-order valence-corrected chi connectivity index (χ2v) is 7.13. The van der Waals surface area contributed by atoms with Crippen molar-refractivity contribution in [2.45, 2.75) is 31.7 Å². The Kier molecular flexibility index (Phi) is 5.52. The Bertz CT molecular complexity index is 502. The van der Waals surface area contributed by atoms with Crippen LogP contribution in [-0.2, 0) is 10.0 Å². The van der Waals surface area contributed by atoms with Gasteiger partial charge in [-0.3, -0.25) is 0 Å². The number of benzene rings is 1. The van der Waals surface area contributed by atoms with Gasteiger partial charge in [0.15, 0.2) is 0 Å². The van der Waals surface area contributed by atoms with Crippen LogP contribution in [0, 0.1) is 12.8 Å². The van der Waals surface area contributed by atoms with Gasteiger partial charge in [0.1, 0.15) is 0 Å². The highest BCUT2D eigenvalue weighted by atomic mass is 32.2. The fourth-order valence-electron chi connectivity index (χ4n) is 2.15. The molecule has 0 bridgehead atoms. The smallest absolute Gasteiger partial charge is 0.240 e. The number of nitrogens with zero attached hydrogens (tertiary/aromatic N) is 1. The molecule has 108 valence electrons. The molecule has 1 atom stereocenters. The highest BCUT2D eigenvalue weighted by molar-refractivity contribution is 7.89. The molecule has 0 fully saturated rings. The van der Waals surface area contributed by atoms with Crippen molar-refractivity contribution in [1.82, 2.24) is 9.62 Å². The van der Waals surface area contributed by atoms with E-state index in [4.69, 9.17) is 0 Å². The van der Waals surface area contributed by atoms with Crippen LogP contribution in [0.1, 0.15) is 19.4 Å². The monoisotopic (exact) mass is 284 g/mol. The number of nitrogens with one attached hydrogen (secondary N) is 1. The lowest BCUT2D eigenvalue weighted by molar-refractivity contribution is 0.233. The van der Waals surface area contributed by atoms with Crippen LogP contribution in [-0.4, -0.2) is 40.0 Å². The van der Waals surface area contributed by atoms with Crippen molar-refractivity contribution in [3.05, 3.63) is 29.8 Å². The van der Waals surface area contributed by atoms with E-state index in [1.54, 1.807) is 25.1 Å². The largest absolute Gasteiger partial charge is 0.305 e. The second kappa shape index (κ2) is 6.50. The molecule has 4 nitrogen and oxygen atoms in total. The van der Waals surface area contributed by atoms with Crippen LogP contribution < -0.4 is 4.72 Å². The quantitative estimate of drug-likeness (QED) is 0.867. The van der Waals surface area contributed by atoms with Crippen molar-refractivity contribution in [1.29, 1.82) is 0 Å². The molecule has 0 aliphatic rings. The van der Waals surface area contributed by atoms with Gasteiger partial charge in [-0.25, -0.2) is 13.1 Å². The first kappa shape index (κ1) is 16.1. The van der Waals surface area contributed by atoms with Crippen molar-refractivity contribution in [2.75, 3.05) is 20.6 Å². The topological polar surface area (TPSA) is 49.4 Å². The number of hydrogen-bond acceptors (Lipinski definition) is 3. The van der Waals surface area contributed by atoms with Crippen LogP contribution in [0.15, 0.2) is 29.2 Å². The molecule has 1 N–H and O–H groups in total. The van der Waals surface area contributed by atoms with Gasteiger partial charge >= 0.3 is 0 Å². The molecule has 0 aliphatic carbocycles. The summed E-state index contributed by atoms with van der Waals surface area (Å²) < 4.78 is 27.3. The lowest BCUT2D eigenvalue weighted by atomic mass is 10.0. The van der Waals surface area contributed by atoms with E-state index in [2.05, 4.69) is 18.6 Å². The van der Waals surface area contributed by atoms with Crippen LogP contribution in [0.2, 0.25) is 0 Å². The van der Waals surface area contributed by atoms with Crippen molar-refractivity contribution in [3.63, 3.8) is 0 Å². The van der Waals surface area contributed by atoms with Gasteiger partial charge in [0.25, 0.3) is 0 Å². The Labute approximate surface area is 116 Å². The summed E-state index contributed by atoms with van der Waals surface area (Å²) in [5, 5.41) is 0. The molecule has 0 amide bonds. The van der Waals surface area contributed by atoms with E-state index in [-0.39, 0.29) is 6.04 Å². The van der Waals surface area contributed by atoms with Gasteiger partial charge in [-0.05, 0) is 38.6 Å². The second-order valence-electron chi connectivity index (χ2n) is 5.39. The fraction of sp³-hybridized carbons (Fsp3) is 0.571. The maximum absolute atomic E-state index is 12.3. The Hall–Kier alpha value is -0.910. The van der Waals surface area contributed by atoms with E-state index in [9.17, 15) is 8.42 Å². The van der Waals surface area contributed by atoms with E-state index >= 15 is 0 Å². The minimum absolute atomic E-state index is 0.179. The number of aryl methyl sites for hydroxylation is 1. The molecule has 0 saturated heterocycles. The molecule has 0 radical (unpaired) electrons. The lowest BCUT2D eigenvalue weighted by Crippen LogP contribution is -2.43. The van der Waals surface area contributed by atoms with Crippen LogP contribution in [0.3, 0.4) is 0 Å². The van der Waals surface area contributed by atoms with Gasteiger partial charge in [-0.15, -0.1) is 0 Å². The van der Waals surface area contributed by atoms with Gasteiger partial charge < -0.3 is 4.90 Å². The van der Waals surface area contributed by atoms with Gasteiger partial charge in [0, 0.05) is 12.6 Å². The van der Waals surface area contributed by atoms with Gasteiger partial charge in [-0.1, -0.05) is 32.0 Å². The highest BCUT2D eigenvalue weighted by Gasteiger charge is 2.21. The third-order valence-corrected chi connectivity index (χ3v) is 4.88. The lowest BCUT2D eigenvalue weighted by Gasteiger charge is -2.28. The van der Waals surface area contributed by atoms with E-state index in [1.165, 1.54) is 0 Å². The molecule has 0 heterocycles. The molecule has 1 aromatic rings. The Morgan fingerprint density at radius 1 is 1.21 bits per heavy atom. The summed E-state index contributed by atoms with van der Waals surface area (Å²) in [6, 6.07) is 7.20. The zero-order chi connectivity index (χ0) is 14.6. The number of likely N-dealkylation sites (N-methyl/N-ethyl adjacent to an activating group) is 1. The summed E-state index contributed by atoms with van der Waals surface area (Å²) in [7, 11) is 0.500. The van der Waals surface area contributed by atoms with Crippen LogP contribution >= 0.6 is 0 Å². The van der Waals surface area contributed by atoms with Crippen LogP contribution in [0.4, 0.5) is 0 Å². The van der Waals surface area contributed by atoms with Crippen molar-refractivity contribution in [2.24, 2.45) is 5.92 Å². The number of rotatable bonds is 6. The predicted molar refractivity (Wildman–Crippen MR) is 78.7 cm³/mol. The minimum Gasteiger partial charge on any atom is -0.305 e. The maximum atomic E-state index is 12.3. The first-order valence-electron chi connectivity index (χ1n) is 6.47. The first-order valence-corrected chi connectivity index (χ1v) is 7.95. The highest BCUT2D eigenvalue weighted by Crippen LogP contribution is 2.14. The Morgan fingerprint density at radius 2 is 1.79 bits per heavy atom.